The highest BCUT2D eigenvalue weighted by molar-refractivity contribution is 9.10. The molecule has 0 bridgehead atoms. The topological polar surface area (TPSA) is 154 Å². The minimum atomic E-state index is -1.38. The van der Waals surface area contributed by atoms with Gasteiger partial charge in [0, 0.05) is 27.9 Å². The molecular weight excluding hydrogens is 625 g/mol. The van der Waals surface area contributed by atoms with Crippen molar-refractivity contribution in [2.24, 2.45) is 0 Å². The first-order valence-electron chi connectivity index (χ1n) is 12.7. The van der Waals surface area contributed by atoms with E-state index in [4.69, 9.17) is 21.1 Å². The van der Waals surface area contributed by atoms with Crippen LogP contribution < -0.4 is 4.90 Å². The Bertz CT molecular complexity index is 1470. The van der Waals surface area contributed by atoms with Crippen molar-refractivity contribution in [2.45, 2.75) is 55.4 Å². The minimum absolute atomic E-state index is 0.159. The van der Waals surface area contributed by atoms with Gasteiger partial charge in [-0.15, -0.1) is 5.10 Å². The van der Waals surface area contributed by atoms with Crippen molar-refractivity contribution < 1.29 is 34.0 Å². The molecule has 5 rings (SSSR count). The average Bonchev–Trinajstić information content (AvgIpc) is 3.43. The minimum Gasteiger partial charge on any atom is -0.394 e. The number of aliphatic hydroxyl groups is 3. The number of benzene rings is 2. The molecule has 1 aliphatic heterocycles. The zero-order chi connectivity index (χ0) is 29.4. The molecule has 2 aromatic carbocycles. The van der Waals surface area contributed by atoms with Gasteiger partial charge >= 0.3 is 0 Å². The van der Waals surface area contributed by atoms with Crippen LogP contribution in [0.15, 0.2) is 47.1 Å². The number of methoxy groups -OCH3 is 1. The first-order chi connectivity index (χ1) is 19.6. The third kappa shape index (κ3) is 5.74. The van der Waals surface area contributed by atoms with Gasteiger partial charge in [0.25, 0.3) is 5.91 Å². The first kappa shape index (κ1) is 29.5. The van der Waals surface area contributed by atoms with E-state index in [1.54, 1.807) is 12.1 Å². The Morgan fingerprint density at radius 3 is 2.68 bits per heavy atom. The molecular formula is C27H26BrClFN5O6. The third-order valence-electron chi connectivity index (χ3n) is 7.42. The molecule has 0 radical (unpaired) electrons. The smallest absolute Gasteiger partial charge is 0.259 e. The second-order valence-electron chi connectivity index (χ2n) is 9.93. The van der Waals surface area contributed by atoms with E-state index in [9.17, 15) is 29.8 Å². The highest BCUT2D eigenvalue weighted by Crippen LogP contribution is 2.38. The van der Waals surface area contributed by atoms with Crippen LogP contribution in [-0.4, -0.2) is 86.5 Å². The van der Waals surface area contributed by atoms with E-state index in [2.05, 4.69) is 32.3 Å². The van der Waals surface area contributed by atoms with E-state index in [0.29, 0.717) is 34.1 Å². The van der Waals surface area contributed by atoms with Crippen LogP contribution in [-0.2, 0) is 14.3 Å². The predicted octanol–water partition coefficient (Wildman–Crippen LogP) is 2.60. The van der Waals surface area contributed by atoms with E-state index in [1.807, 2.05) is 0 Å². The molecule has 0 unspecified atom stereocenters. The molecule has 1 amide bonds. The third-order valence-corrected chi connectivity index (χ3v) is 8.09. The molecule has 1 aromatic heterocycles. The summed E-state index contributed by atoms with van der Waals surface area (Å²) in [5.74, 6) is -1.17. The second-order valence-corrected chi connectivity index (χ2v) is 11.3. The molecule has 1 saturated heterocycles. The maximum absolute atomic E-state index is 14.3. The van der Waals surface area contributed by atoms with Crippen LogP contribution in [0.5, 0.6) is 0 Å². The van der Waals surface area contributed by atoms with Gasteiger partial charge in [0.05, 0.1) is 36.6 Å². The average molecular weight is 651 g/mol. The maximum atomic E-state index is 14.3. The van der Waals surface area contributed by atoms with E-state index < -0.39 is 60.9 Å². The summed E-state index contributed by atoms with van der Waals surface area (Å²) in [5, 5.41) is 49.7. The molecule has 11 nitrogen and oxygen atoms in total. The second kappa shape index (κ2) is 12.1. The number of ether oxygens (including phenoxy) is 2. The number of nitrogens with zero attached hydrogens (tertiary/aromatic N) is 5. The summed E-state index contributed by atoms with van der Waals surface area (Å²) in [5.41, 5.74) is 1.25. The Labute approximate surface area is 247 Å². The number of aliphatic hydroxyl groups excluding tert-OH is 3. The van der Waals surface area contributed by atoms with Crippen molar-refractivity contribution >= 4 is 39.1 Å². The predicted molar refractivity (Wildman–Crippen MR) is 147 cm³/mol. The zero-order valence-corrected chi connectivity index (χ0v) is 24.0. The van der Waals surface area contributed by atoms with Crippen LogP contribution in [0.3, 0.4) is 0 Å². The summed E-state index contributed by atoms with van der Waals surface area (Å²) in [6.07, 6.45) is -3.44. The molecule has 0 spiro atoms. The highest BCUT2D eigenvalue weighted by atomic mass is 79.9. The van der Waals surface area contributed by atoms with E-state index in [1.165, 1.54) is 41.1 Å². The number of amides is 1. The van der Waals surface area contributed by atoms with Gasteiger partial charge in [0.1, 0.15) is 35.9 Å². The molecule has 41 heavy (non-hydrogen) atoms. The normalized spacial score (nSPS) is 27.6. The summed E-state index contributed by atoms with van der Waals surface area (Å²) < 4.78 is 27.5. The van der Waals surface area contributed by atoms with Crippen molar-refractivity contribution in [1.82, 2.24) is 15.0 Å². The van der Waals surface area contributed by atoms with Gasteiger partial charge in [-0.1, -0.05) is 32.7 Å². The Morgan fingerprint density at radius 2 is 2.07 bits per heavy atom. The monoisotopic (exact) mass is 649 g/mol. The molecule has 2 heterocycles. The number of anilines is 1. The molecule has 3 N–H and O–H groups in total. The zero-order valence-electron chi connectivity index (χ0n) is 21.6. The molecule has 1 saturated carbocycles. The largest absolute Gasteiger partial charge is 0.394 e. The van der Waals surface area contributed by atoms with E-state index in [-0.39, 0.29) is 10.7 Å². The van der Waals surface area contributed by atoms with Crippen LogP contribution in [0, 0.1) is 17.1 Å². The molecule has 1 aliphatic carbocycles. The van der Waals surface area contributed by atoms with Crippen molar-refractivity contribution in [3.8, 4) is 17.3 Å². The standard InChI is InChI=1S/C27H26BrClFN5O6/c1-40-25-23(34-11-19(32-33-34)14-6-16(29)9-17(30)7-14)24(38)22(12-36)41-26(25)27(39)35(20-2-3-21(20)37)18-5-13(10-31)4-15(28)8-18/h4-9,11,20-26,36-38H,2-3,12H2,1H3/t20-,21-,22-,23+,24+,25-,26-/m1/s1. The lowest BCUT2D eigenvalue weighted by molar-refractivity contribution is -0.211. The SMILES string of the molecule is CO[C@@H]1[C@@H](n2cc(-c3cc(F)cc(Cl)c3)nn2)[C@@H](O)[C@@H](CO)O[C@H]1C(=O)N(c1cc(Br)cc(C#N)c1)[C@@H]1CC[C@H]1O. The van der Waals surface area contributed by atoms with Gasteiger partial charge in [-0.2, -0.15) is 5.26 Å². The Balaban J connectivity index is 1.54. The van der Waals surface area contributed by atoms with Crippen LogP contribution >= 0.6 is 27.5 Å². The summed E-state index contributed by atoms with van der Waals surface area (Å²) in [6.45, 7) is -0.625. The fraction of sp³-hybridized carbons (Fsp3) is 0.407. The van der Waals surface area contributed by atoms with E-state index >= 15 is 0 Å². The fourth-order valence-electron chi connectivity index (χ4n) is 5.28. The van der Waals surface area contributed by atoms with Gasteiger partial charge < -0.3 is 29.7 Å². The lowest BCUT2D eigenvalue weighted by atomic mass is 9.85. The van der Waals surface area contributed by atoms with Crippen molar-refractivity contribution in [2.75, 3.05) is 18.6 Å². The van der Waals surface area contributed by atoms with Crippen molar-refractivity contribution in [1.29, 1.82) is 5.26 Å². The number of nitriles is 1. The van der Waals surface area contributed by atoms with E-state index in [0.717, 1.165) is 6.07 Å². The molecule has 3 aromatic rings. The fourth-order valence-corrected chi connectivity index (χ4v) is 5.98. The van der Waals surface area contributed by atoms with Crippen LogP contribution in [0.4, 0.5) is 10.1 Å². The highest BCUT2D eigenvalue weighted by Gasteiger charge is 2.52. The first-order valence-corrected chi connectivity index (χ1v) is 13.9. The van der Waals surface area contributed by atoms with Gasteiger partial charge in [-0.25, -0.2) is 9.07 Å². The van der Waals surface area contributed by atoms with Crippen molar-refractivity contribution in [3.05, 3.63) is 63.5 Å². The lowest BCUT2D eigenvalue weighted by Gasteiger charge is -2.47. The summed E-state index contributed by atoms with van der Waals surface area (Å²) in [6, 6.07) is 9.06. The Morgan fingerprint density at radius 1 is 1.29 bits per heavy atom. The van der Waals surface area contributed by atoms with Crippen LogP contribution in [0.1, 0.15) is 24.4 Å². The molecule has 14 heteroatoms. The number of rotatable bonds is 7. The van der Waals surface area contributed by atoms with Gasteiger partial charge in [0.15, 0.2) is 6.10 Å². The molecule has 7 atom stereocenters. The number of hydrogen-bond acceptors (Lipinski definition) is 9. The van der Waals surface area contributed by atoms with Gasteiger partial charge in [-0.3, -0.25) is 4.79 Å². The number of halogens is 3. The lowest BCUT2D eigenvalue weighted by Crippen LogP contribution is -2.64. The molecule has 2 aliphatic rings. The molecule has 216 valence electrons. The van der Waals surface area contributed by atoms with Gasteiger partial charge in [-0.05, 0) is 49.2 Å². The number of hydrogen-bond donors (Lipinski definition) is 3. The van der Waals surface area contributed by atoms with Gasteiger partial charge in [0.2, 0.25) is 0 Å². The number of carbonyl (C=O) groups excluding carboxylic acids is 1. The summed E-state index contributed by atoms with van der Waals surface area (Å²) in [4.78, 5) is 15.6. The van der Waals surface area contributed by atoms with Crippen molar-refractivity contribution in [3.63, 3.8) is 0 Å². The quantitative estimate of drug-likeness (QED) is 0.350. The number of aromatic nitrogens is 3. The molecule has 2 fully saturated rings. The summed E-state index contributed by atoms with van der Waals surface area (Å²) in [7, 11) is 1.34. The Hall–Kier alpha value is -2.96. The number of carbonyl (C=O) groups is 1. The summed E-state index contributed by atoms with van der Waals surface area (Å²) >= 11 is 9.37. The Kier molecular flexibility index (Phi) is 8.72. The van der Waals surface area contributed by atoms with Crippen LogP contribution in [0.2, 0.25) is 5.02 Å². The van der Waals surface area contributed by atoms with Crippen LogP contribution in [0.25, 0.3) is 11.3 Å². The maximum Gasteiger partial charge on any atom is 0.259 e.